The summed E-state index contributed by atoms with van der Waals surface area (Å²) in [6.07, 6.45) is 48.1. The van der Waals surface area contributed by atoms with Crippen molar-refractivity contribution in [1.82, 2.24) is 0 Å². The molecule has 0 bridgehead atoms. The van der Waals surface area contributed by atoms with Crippen LogP contribution in [0.5, 0.6) is 0 Å². The van der Waals surface area contributed by atoms with E-state index < -0.39 is 6.10 Å². The average Bonchev–Trinajstić information content (AvgIpc) is 3.23. The van der Waals surface area contributed by atoms with Crippen LogP contribution < -0.4 is 0 Å². The van der Waals surface area contributed by atoms with Gasteiger partial charge in [0.05, 0.1) is 0 Å². The first-order chi connectivity index (χ1) is 29.3. The molecule has 0 fully saturated rings. The number of hydrogen-bond donors (Lipinski definition) is 0. The highest BCUT2D eigenvalue weighted by Gasteiger charge is 2.19. The van der Waals surface area contributed by atoms with Crippen LogP contribution in [0.15, 0.2) is 0 Å². The fourth-order valence-electron chi connectivity index (χ4n) is 8.13. The standard InChI is InChI=1S/C54H104O6/c1-6-8-9-10-11-12-13-14-15-16-17-18-19-22-25-28-34-39-44-52(55)58-47-51(60-54(57)46-41-36-31-30-33-38-43-50(5)7-2)48-59-53(56)45-40-35-29-26-23-20-21-24-27-32-37-42-49(3)4/h49-51H,6-48H2,1-5H3/t50?,51-/m1/s1. The fraction of sp³-hybridized carbons (Fsp3) is 0.944. The highest BCUT2D eigenvalue weighted by atomic mass is 16.6. The number of ether oxygens (including phenoxy) is 3. The quantitative estimate of drug-likeness (QED) is 0.0345. The lowest BCUT2D eigenvalue weighted by Gasteiger charge is -2.18. The third-order valence-corrected chi connectivity index (χ3v) is 12.6. The Labute approximate surface area is 374 Å². The molecule has 1 unspecified atom stereocenters. The number of rotatable bonds is 48. The van der Waals surface area contributed by atoms with E-state index in [1.807, 2.05) is 0 Å². The third-order valence-electron chi connectivity index (χ3n) is 12.6. The van der Waals surface area contributed by atoms with Crippen molar-refractivity contribution in [3.63, 3.8) is 0 Å². The number of unbranched alkanes of at least 4 members (excludes halogenated alkanes) is 32. The summed E-state index contributed by atoms with van der Waals surface area (Å²) in [5.74, 6) is 0.786. The van der Waals surface area contributed by atoms with E-state index in [1.165, 1.54) is 186 Å². The van der Waals surface area contributed by atoms with Crippen molar-refractivity contribution in [3.8, 4) is 0 Å². The van der Waals surface area contributed by atoms with Gasteiger partial charge in [-0.15, -0.1) is 0 Å². The lowest BCUT2D eigenvalue weighted by atomic mass is 10.00. The predicted octanol–water partition coefficient (Wildman–Crippen LogP) is 17.3. The van der Waals surface area contributed by atoms with Crippen molar-refractivity contribution in [2.24, 2.45) is 11.8 Å². The van der Waals surface area contributed by atoms with Gasteiger partial charge in [-0.3, -0.25) is 14.4 Å². The Morgan fingerprint density at radius 1 is 0.350 bits per heavy atom. The normalized spacial score (nSPS) is 12.5. The minimum Gasteiger partial charge on any atom is -0.462 e. The number of esters is 3. The molecule has 0 saturated heterocycles. The molecule has 6 nitrogen and oxygen atoms in total. The van der Waals surface area contributed by atoms with Crippen LogP contribution in [0.25, 0.3) is 0 Å². The molecule has 0 aromatic rings. The molecule has 0 aromatic carbocycles. The Morgan fingerprint density at radius 2 is 0.633 bits per heavy atom. The maximum absolute atomic E-state index is 12.8. The van der Waals surface area contributed by atoms with Crippen molar-refractivity contribution in [2.75, 3.05) is 13.2 Å². The van der Waals surface area contributed by atoms with Crippen molar-refractivity contribution in [3.05, 3.63) is 0 Å². The first-order valence-corrected chi connectivity index (χ1v) is 26.8. The van der Waals surface area contributed by atoms with Gasteiger partial charge in [-0.05, 0) is 31.1 Å². The van der Waals surface area contributed by atoms with Gasteiger partial charge >= 0.3 is 17.9 Å². The van der Waals surface area contributed by atoms with E-state index in [9.17, 15) is 14.4 Å². The second kappa shape index (κ2) is 46.9. The maximum atomic E-state index is 12.8. The molecule has 356 valence electrons. The number of hydrogen-bond acceptors (Lipinski definition) is 6. The molecule has 60 heavy (non-hydrogen) atoms. The zero-order chi connectivity index (χ0) is 44.0. The van der Waals surface area contributed by atoms with Gasteiger partial charge in [-0.2, -0.15) is 0 Å². The largest absolute Gasteiger partial charge is 0.462 e. The van der Waals surface area contributed by atoms with Crippen LogP contribution >= 0.6 is 0 Å². The minimum atomic E-state index is -0.763. The first kappa shape index (κ1) is 58.4. The summed E-state index contributed by atoms with van der Waals surface area (Å²) >= 11 is 0. The smallest absolute Gasteiger partial charge is 0.306 e. The molecule has 0 saturated carbocycles. The monoisotopic (exact) mass is 849 g/mol. The Balaban J connectivity index is 4.25. The summed E-state index contributed by atoms with van der Waals surface area (Å²) in [6.45, 7) is 11.3. The van der Waals surface area contributed by atoms with E-state index in [2.05, 4.69) is 34.6 Å². The summed E-state index contributed by atoms with van der Waals surface area (Å²) in [5, 5.41) is 0. The Bertz CT molecular complexity index is 918. The molecule has 2 atom stereocenters. The van der Waals surface area contributed by atoms with E-state index in [1.54, 1.807) is 0 Å². The molecule has 0 aliphatic heterocycles. The number of carbonyl (C=O) groups excluding carboxylic acids is 3. The molecule has 0 rings (SSSR count). The van der Waals surface area contributed by atoms with E-state index in [-0.39, 0.29) is 31.1 Å². The predicted molar refractivity (Wildman–Crippen MR) is 256 cm³/mol. The van der Waals surface area contributed by atoms with Crippen LogP contribution in [-0.4, -0.2) is 37.2 Å². The van der Waals surface area contributed by atoms with Crippen molar-refractivity contribution >= 4 is 17.9 Å². The molecule has 6 heteroatoms. The van der Waals surface area contributed by atoms with Crippen LogP contribution in [0.4, 0.5) is 0 Å². The van der Waals surface area contributed by atoms with Crippen LogP contribution in [-0.2, 0) is 28.6 Å². The topological polar surface area (TPSA) is 78.9 Å². The van der Waals surface area contributed by atoms with E-state index in [0.717, 1.165) is 69.6 Å². The lowest BCUT2D eigenvalue weighted by molar-refractivity contribution is -0.167. The van der Waals surface area contributed by atoms with Gasteiger partial charge < -0.3 is 14.2 Å². The van der Waals surface area contributed by atoms with Crippen LogP contribution in [0.3, 0.4) is 0 Å². The van der Waals surface area contributed by atoms with Crippen LogP contribution in [0, 0.1) is 11.8 Å². The van der Waals surface area contributed by atoms with Gasteiger partial charge in [0.25, 0.3) is 0 Å². The van der Waals surface area contributed by atoms with Gasteiger partial charge in [0.1, 0.15) is 13.2 Å². The second-order valence-corrected chi connectivity index (χ2v) is 19.2. The molecule has 0 N–H and O–H groups in total. The fourth-order valence-corrected chi connectivity index (χ4v) is 8.13. The van der Waals surface area contributed by atoms with Crippen LogP contribution in [0.1, 0.15) is 298 Å². The van der Waals surface area contributed by atoms with E-state index >= 15 is 0 Å². The highest BCUT2D eigenvalue weighted by Crippen LogP contribution is 2.18. The molecule has 0 amide bonds. The Morgan fingerprint density at radius 3 is 0.950 bits per heavy atom. The zero-order valence-corrected chi connectivity index (χ0v) is 41.1. The van der Waals surface area contributed by atoms with E-state index in [4.69, 9.17) is 14.2 Å². The highest BCUT2D eigenvalue weighted by molar-refractivity contribution is 5.71. The van der Waals surface area contributed by atoms with Gasteiger partial charge in [-0.25, -0.2) is 0 Å². The molecule has 0 aliphatic rings. The summed E-state index contributed by atoms with van der Waals surface area (Å²) < 4.78 is 16.8. The van der Waals surface area contributed by atoms with Crippen LogP contribution in [0.2, 0.25) is 0 Å². The second-order valence-electron chi connectivity index (χ2n) is 19.2. The molecular formula is C54H104O6. The number of carbonyl (C=O) groups is 3. The van der Waals surface area contributed by atoms with E-state index in [0.29, 0.717) is 19.3 Å². The zero-order valence-electron chi connectivity index (χ0n) is 41.1. The molecule has 0 heterocycles. The average molecular weight is 849 g/mol. The molecule has 0 radical (unpaired) electrons. The lowest BCUT2D eigenvalue weighted by Crippen LogP contribution is -2.30. The van der Waals surface area contributed by atoms with Crippen molar-refractivity contribution < 1.29 is 28.6 Å². The Hall–Kier alpha value is -1.59. The van der Waals surface area contributed by atoms with Gasteiger partial charge in [0.15, 0.2) is 6.10 Å². The molecule has 0 aromatic heterocycles. The summed E-state index contributed by atoms with van der Waals surface area (Å²) in [7, 11) is 0. The van der Waals surface area contributed by atoms with Gasteiger partial charge in [0, 0.05) is 19.3 Å². The van der Waals surface area contributed by atoms with Crippen molar-refractivity contribution in [1.29, 1.82) is 0 Å². The summed E-state index contributed by atoms with van der Waals surface area (Å²) in [5.41, 5.74) is 0. The first-order valence-electron chi connectivity index (χ1n) is 26.8. The Kier molecular flexibility index (Phi) is 45.7. The minimum absolute atomic E-state index is 0.0645. The molecule has 0 spiro atoms. The van der Waals surface area contributed by atoms with Crippen molar-refractivity contribution in [2.45, 2.75) is 304 Å². The maximum Gasteiger partial charge on any atom is 0.306 e. The summed E-state index contributed by atoms with van der Waals surface area (Å²) in [6, 6.07) is 0. The molecular weight excluding hydrogens is 745 g/mol. The van der Waals surface area contributed by atoms with Gasteiger partial charge in [-0.1, -0.05) is 259 Å². The third kappa shape index (κ3) is 45.9. The molecule has 0 aliphatic carbocycles. The summed E-state index contributed by atoms with van der Waals surface area (Å²) in [4.78, 5) is 37.9. The SMILES string of the molecule is CCCCCCCCCCCCCCCCCCCCC(=O)OC[C@H](COC(=O)CCCCCCCCCCCCCC(C)C)OC(=O)CCCCCCCCC(C)CC. The van der Waals surface area contributed by atoms with Gasteiger partial charge in [0.2, 0.25) is 0 Å².